The number of rotatable bonds is 4. The van der Waals surface area contributed by atoms with Crippen LogP contribution in [0.4, 0.5) is 4.39 Å². The molecule has 0 bridgehead atoms. The third-order valence-corrected chi connectivity index (χ3v) is 2.57. The highest BCUT2D eigenvalue weighted by molar-refractivity contribution is 5.85. The minimum absolute atomic E-state index is 0.223. The van der Waals surface area contributed by atoms with Gasteiger partial charge in [0.2, 0.25) is 6.36 Å². The minimum atomic E-state index is -1.26. The smallest absolute Gasteiger partial charge is 0.238 e. The number of alkyl halides is 1. The van der Waals surface area contributed by atoms with E-state index in [-0.39, 0.29) is 5.75 Å². The molecule has 0 spiro atoms. The second-order valence-corrected chi connectivity index (χ2v) is 4.01. The number of benzene rings is 2. The molecule has 0 aliphatic carbocycles. The van der Waals surface area contributed by atoms with Crippen molar-refractivity contribution in [3.05, 3.63) is 36.4 Å². The SMILES string of the molecule is CCCC(F)Oc1ccc2cc(O)ccc2c1. The molecule has 2 aromatic rings. The Balaban J connectivity index is 2.23. The van der Waals surface area contributed by atoms with Crippen molar-refractivity contribution in [2.75, 3.05) is 0 Å². The maximum Gasteiger partial charge on any atom is 0.238 e. The van der Waals surface area contributed by atoms with Gasteiger partial charge in [0.1, 0.15) is 11.5 Å². The van der Waals surface area contributed by atoms with Crippen molar-refractivity contribution in [1.82, 2.24) is 0 Å². The van der Waals surface area contributed by atoms with Crippen molar-refractivity contribution in [2.45, 2.75) is 26.1 Å². The van der Waals surface area contributed by atoms with E-state index in [0.717, 1.165) is 17.2 Å². The quantitative estimate of drug-likeness (QED) is 0.865. The molecule has 17 heavy (non-hydrogen) atoms. The molecule has 2 aromatic carbocycles. The molecular formula is C14H15FO2. The molecule has 0 radical (unpaired) electrons. The van der Waals surface area contributed by atoms with Crippen molar-refractivity contribution in [2.24, 2.45) is 0 Å². The maximum absolute atomic E-state index is 13.3. The number of aromatic hydroxyl groups is 1. The summed E-state index contributed by atoms with van der Waals surface area (Å²) in [7, 11) is 0. The topological polar surface area (TPSA) is 29.5 Å². The summed E-state index contributed by atoms with van der Waals surface area (Å²) in [5.74, 6) is 0.740. The maximum atomic E-state index is 13.3. The summed E-state index contributed by atoms with van der Waals surface area (Å²) in [5, 5.41) is 11.1. The molecule has 3 heteroatoms. The lowest BCUT2D eigenvalue weighted by atomic mass is 10.1. The van der Waals surface area contributed by atoms with Crippen LogP contribution in [-0.2, 0) is 0 Å². The van der Waals surface area contributed by atoms with Gasteiger partial charge in [-0.25, -0.2) is 4.39 Å². The van der Waals surface area contributed by atoms with Gasteiger partial charge in [0, 0.05) is 6.42 Å². The van der Waals surface area contributed by atoms with Crippen LogP contribution in [0.3, 0.4) is 0 Å². The summed E-state index contributed by atoms with van der Waals surface area (Å²) in [6.07, 6.45) is -0.106. The van der Waals surface area contributed by atoms with Crippen LogP contribution >= 0.6 is 0 Å². The highest BCUT2D eigenvalue weighted by Gasteiger charge is 2.07. The van der Waals surface area contributed by atoms with E-state index in [1.807, 2.05) is 13.0 Å². The largest absolute Gasteiger partial charge is 0.508 e. The average Bonchev–Trinajstić information content (AvgIpc) is 2.29. The molecule has 0 heterocycles. The molecule has 0 aliphatic rings. The summed E-state index contributed by atoms with van der Waals surface area (Å²) in [6.45, 7) is 1.92. The first kappa shape index (κ1) is 11.7. The van der Waals surface area contributed by atoms with Gasteiger partial charge in [0.15, 0.2) is 0 Å². The molecule has 1 N–H and O–H groups in total. The highest BCUT2D eigenvalue weighted by Crippen LogP contribution is 2.25. The van der Waals surface area contributed by atoms with Crippen molar-refractivity contribution in [3.8, 4) is 11.5 Å². The fourth-order valence-corrected chi connectivity index (χ4v) is 1.72. The molecule has 1 unspecified atom stereocenters. The number of fused-ring (bicyclic) bond motifs is 1. The molecule has 0 aliphatic heterocycles. The second kappa shape index (κ2) is 5.04. The second-order valence-electron chi connectivity index (χ2n) is 4.01. The van der Waals surface area contributed by atoms with Gasteiger partial charge >= 0.3 is 0 Å². The van der Waals surface area contributed by atoms with Gasteiger partial charge < -0.3 is 9.84 Å². The van der Waals surface area contributed by atoms with E-state index in [1.54, 1.807) is 30.3 Å². The van der Waals surface area contributed by atoms with Gasteiger partial charge in [0.05, 0.1) is 0 Å². The highest BCUT2D eigenvalue weighted by atomic mass is 19.1. The Labute approximate surface area is 99.6 Å². The van der Waals surface area contributed by atoms with E-state index >= 15 is 0 Å². The van der Waals surface area contributed by atoms with Crippen molar-refractivity contribution in [1.29, 1.82) is 0 Å². The van der Waals surface area contributed by atoms with E-state index in [2.05, 4.69) is 0 Å². The predicted octanol–water partition coefficient (Wildman–Crippen LogP) is 4.02. The van der Waals surface area contributed by atoms with E-state index in [0.29, 0.717) is 12.2 Å². The van der Waals surface area contributed by atoms with Gasteiger partial charge in [-0.1, -0.05) is 19.1 Å². The number of hydrogen-bond donors (Lipinski definition) is 1. The Morgan fingerprint density at radius 3 is 2.65 bits per heavy atom. The zero-order valence-electron chi connectivity index (χ0n) is 9.69. The zero-order chi connectivity index (χ0) is 12.3. The summed E-state index contributed by atoms with van der Waals surface area (Å²) in [4.78, 5) is 0. The van der Waals surface area contributed by atoms with Crippen LogP contribution in [0.5, 0.6) is 11.5 Å². The number of ether oxygens (including phenoxy) is 1. The molecule has 0 amide bonds. The third-order valence-electron chi connectivity index (χ3n) is 2.57. The lowest BCUT2D eigenvalue weighted by Gasteiger charge is -2.11. The Hall–Kier alpha value is -1.77. The van der Waals surface area contributed by atoms with E-state index < -0.39 is 6.36 Å². The lowest BCUT2D eigenvalue weighted by molar-refractivity contribution is 0.0590. The summed E-state index contributed by atoms with van der Waals surface area (Å²) < 4.78 is 18.5. The first-order valence-electron chi connectivity index (χ1n) is 5.72. The molecule has 0 aromatic heterocycles. The van der Waals surface area contributed by atoms with Gasteiger partial charge in [-0.3, -0.25) is 0 Å². The Morgan fingerprint density at radius 1 is 1.18 bits per heavy atom. The zero-order valence-corrected chi connectivity index (χ0v) is 9.69. The van der Waals surface area contributed by atoms with Crippen LogP contribution in [0.25, 0.3) is 10.8 Å². The molecule has 90 valence electrons. The molecule has 0 fully saturated rings. The fraction of sp³-hybridized carbons (Fsp3) is 0.286. The first-order valence-corrected chi connectivity index (χ1v) is 5.72. The van der Waals surface area contributed by atoms with Crippen LogP contribution < -0.4 is 4.74 Å². The van der Waals surface area contributed by atoms with Gasteiger partial charge in [-0.2, -0.15) is 0 Å². The van der Waals surface area contributed by atoms with Gasteiger partial charge in [0.25, 0.3) is 0 Å². The number of hydrogen-bond acceptors (Lipinski definition) is 2. The van der Waals surface area contributed by atoms with Crippen molar-refractivity contribution >= 4 is 10.8 Å². The Bertz CT molecular complexity index is 511. The van der Waals surface area contributed by atoms with Gasteiger partial charge in [-0.15, -0.1) is 0 Å². The average molecular weight is 234 g/mol. The normalized spacial score (nSPS) is 12.6. The number of phenols is 1. The molecule has 2 nitrogen and oxygen atoms in total. The monoisotopic (exact) mass is 234 g/mol. The predicted molar refractivity (Wildman–Crippen MR) is 66.0 cm³/mol. The summed E-state index contributed by atoms with van der Waals surface area (Å²) in [5.41, 5.74) is 0. The first-order chi connectivity index (χ1) is 8.19. The molecule has 1 atom stereocenters. The lowest BCUT2D eigenvalue weighted by Crippen LogP contribution is -2.08. The van der Waals surface area contributed by atoms with Crippen LogP contribution in [0.15, 0.2) is 36.4 Å². The Morgan fingerprint density at radius 2 is 1.88 bits per heavy atom. The van der Waals surface area contributed by atoms with Crippen LogP contribution in [0.1, 0.15) is 19.8 Å². The van der Waals surface area contributed by atoms with Crippen LogP contribution in [0, 0.1) is 0 Å². The standard InChI is InChI=1S/C14H15FO2/c1-2-3-14(15)17-13-7-5-10-8-12(16)6-4-11(10)9-13/h4-9,14,16H,2-3H2,1H3. The third kappa shape index (κ3) is 2.87. The number of phenolic OH excluding ortho intramolecular Hbond substituents is 1. The number of halogens is 1. The molecule has 0 saturated carbocycles. The minimum Gasteiger partial charge on any atom is -0.508 e. The Kier molecular flexibility index (Phi) is 3.47. The van der Waals surface area contributed by atoms with E-state index in [1.165, 1.54) is 0 Å². The molecule has 0 saturated heterocycles. The van der Waals surface area contributed by atoms with Gasteiger partial charge in [-0.05, 0) is 41.5 Å². The van der Waals surface area contributed by atoms with Crippen molar-refractivity contribution < 1.29 is 14.2 Å². The van der Waals surface area contributed by atoms with Crippen molar-refractivity contribution in [3.63, 3.8) is 0 Å². The molecule has 2 rings (SSSR count). The summed E-state index contributed by atoms with van der Waals surface area (Å²) >= 11 is 0. The molecular weight excluding hydrogens is 219 g/mol. The summed E-state index contributed by atoms with van der Waals surface area (Å²) in [6, 6.07) is 10.3. The van der Waals surface area contributed by atoms with Crippen LogP contribution in [-0.4, -0.2) is 11.5 Å². The van der Waals surface area contributed by atoms with Crippen LogP contribution in [0.2, 0.25) is 0 Å². The van der Waals surface area contributed by atoms with E-state index in [4.69, 9.17) is 4.74 Å². The van der Waals surface area contributed by atoms with E-state index in [9.17, 15) is 9.50 Å². The fourth-order valence-electron chi connectivity index (χ4n) is 1.72.